The van der Waals surface area contributed by atoms with Crippen LogP contribution in [0.1, 0.15) is 36.3 Å². The first-order valence-electron chi connectivity index (χ1n) is 10.4. The van der Waals surface area contributed by atoms with Gasteiger partial charge < -0.3 is 20.3 Å². The van der Waals surface area contributed by atoms with E-state index in [1.165, 1.54) is 6.07 Å². The fraction of sp³-hybridized carbons (Fsp3) is 0.333. The lowest BCUT2D eigenvalue weighted by atomic mass is 9.84. The third-order valence-corrected chi connectivity index (χ3v) is 5.71. The zero-order chi connectivity index (χ0) is 22.0. The standard InChI is InChI=1S/C24H25FN2O4/c1-14-12-16(2-5-19(14)25)22-18-4-3-17(28)13-20(18)27-24(26-9-6-21(29)30)23(22)15-7-10-31-11-8-15/h2-5,12-13,15,28H,6-11H2,1H3,(H,26,27)(H,29,30). The van der Waals surface area contributed by atoms with Gasteiger partial charge in [-0.3, -0.25) is 4.79 Å². The Kier molecular flexibility index (Phi) is 6.04. The Bertz CT molecular complexity index is 1130. The Morgan fingerprint density at radius 1 is 1.23 bits per heavy atom. The second-order valence-electron chi connectivity index (χ2n) is 7.87. The number of hydrogen-bond donors (Lipinski definition) is 3. The van der Waals surface area contributed by atoms with Gasteiger partial charge in [-0.2, -0.15) is 0 Å². The second-order valence-corrected chi connectivity index (χ2v) is 7.87. The lowest BCUT2D eigenvalue weighted by Crippen LogP contribution is -2.18. The van der Waals surface area contributed by atoms with Crippen LogP contribution in [0.2, 0.25) is 0 Å². The number of aryl methyl sites for hydroxylation is 1. The summed E-state index contributed by atoms with van der Waals surface area (Å²) in [6.07, 6.45) is 1.58. The van der Waals surface area contributed by atoms with Crippen LogP contribution in [0.25, 0.3) is 22.0 Å². The fourth-order valence-corrected chi connectivity index (χ4v) is 4.19. The number of phenolic OH excluding ortho intramolecular Hbond substituents is 1. The van der Waals surface area contributed by atoms with Gasteiger partial charge in [0.1, 0.15) is 17.4 Å². The van der Waals surface area contributed by atoms with Gasteiger partial charge in [0.25, 0.3) is 0 Å². The number of fused-ring (bicyclic) bond motifs is 1. The summed E-state index contributed by atoms with van der Waals surface area (Å²) in [6, 6.07) is 10.1. The monoisotopic (exact) mass is 424 g/mol. The highest BCUT2D eigenvalue weighted by Gasteiger charge is 2.26. The summed E-state index contributed by atoms with van der Waals surface area (Å²) in [5.41, 5.74) is 3.90. The van der Waals surface area contributed by atoms with Crippen LogP contribution >= 0.6 is 0 Å². The molecule has 0 amide bonds. The maximum Gasteiger partial charge on any atom is 0.305 e. The van der Waals surface area contributed by atoms with Gasteiger partial charge in [-0.1, -0.05) is 6.07 Å². The quantitative estimate of drug-likeness (QED) is 0.525. The fourth-order valence-electron chi connectivity index (χ4n) is 4.19. The van der Waals surface area contributed by atoms with Gasteiger partial charge in [0, 0.05) is 36.8 Å². The predicted octanol–water partition coefficient (Wildman–Crippen LogP) is 4.84. The lowest BCUT2D eigenvalue weighted by Gasteiger charge is -2.28. The summed E-state index contributed by atoms with van der Waals surface area (Å²) in [4.78, 5) is 15.8. The Balaban J connectivity index is 1.97. The summed E-state index contributed by atoms with van der Waals surface area (Å²) >= 11 is 0. The first kappa shape index (κ1) is 21.1. The molecule has 3 aromatic rings. The molecule has 1 aliphatic rings. The highest BCUT2D eigenvalue weighted by molar-refractivity contribution is 5.99. The van der Waals surface area contributed by atoms with Crippen LogP contribution in [0.15, 0.2) is 36.4 Å². The summed E-state index contributed by atoms with van der Waals surface area (Å²) in [5, 5.41) is 23.1. The smallest absolute Gasteiger partial charge is 0.305 e. The number of rotatable bonds is 6. The number of anilines is 1. The number of aliphatic carboxylic acids is 1. The number of carboxylic acid groups (broad SMARTS) is 1. The minimum atomic E-state index is -0.895. The number of benzene rings is 2. The van der Waals surface area contributed by atoms with E-state index in [-0.39, 0.29) is 30.5 Å². The van der Waals surface area contributed by atoms with E-state index in [0.717, 1.165) is 34.9 Å². The van der Waals surface area contributed by atoms with Gasteiger partial charge in [0.15, 0.2) is 0 Å². The van der Waals surface area contributed by atoms with Crippen molar-refractivity contribution in [3.63, 3.8) is 0 Å². The number of ether oxygens (including phenoxy) is 1. The second kappa shape index (κ2) is 8.89. The summed E-state index contributed by atoms with van der Waals surface area (Å²) in [7, 11) is 0. The van der Waals surface area contributed by atoms with Crippen molar-refractivity contribution in [1.82, 2.24) is 4.98 Å². The van der Waals surface area contributed by atoms with Gasteiger partial charge in [0.05, 0.1) is 11.9 Å². The van der Waals surface area contributed by atoms with Crippen LogP contribution < -0.4 is 5.32 Å². The van der Waals surface area contributed by atoms with Crippen LogP contribution in [0.3, 0.4) is 0 Å². The lowest BCUT2D eigenvalue weighted by molar-refractivity contribution is -0.136. The van der Waals surface area contributed by atoms with Crippen LogP contribution in [-0.2, 0) is 9.53 Å². The van der Waals surface area contributed by atoms with Crippen molar-refractivity contribution in [2.45, 2.75) is 32.1 Å². The zero-order valence-corrected chi connectivity index (χ0v) is 17.3. The molecule has 1 fully saturated rings. The molecule has 1 aromatic heterocycles. The van der Waals surface area contributed by atoms with Gasteiger partial charge in [-0.05, 0) is 66.6 Å². The average Bonchev–Trinajstić information content (AvgIpc) is 2.75. The van der Waals surface area contributed by atoms with Crippen molar-refractivity contribution >= 4 is 22.7 Å². The number of aromatic nitrogens is 1. The molecule has 0 radical (unpaired) electrons. The third-order valence-electron chi connectivity index (χ3n) is 5.71. The van der Waals surface area contributed by atoms with E-state index in [9.17, 15) is 14.3 Å². The van der Waals surface area contributed by atoms with Crippen LogP contribution in [0.5, 0.6) is 5.75 Å². The number of aromatic hydroxyl groups is 1. The Hall–Kier alpha value is -3.19. The molecule has 31 heavy (non-hydrogen) atoms. The number of hydrogen-bond acceptors (Lipinski definition) is 5. The van der Waals surface area contributed by atoms with Crippen LogP contribution in [0, 0.1) is 12.7 Å². The van der Waals surface area contributed by atoms with Crippen molar-refractivity contribution in [1.29, 1.82) is 0 Å². The van der Waals surface area contributed by atoms with Crippen molar-refractivity contribution in [2.24, 2.45) is 0 Å². The van der Waals surface area contributed by atoms with Gasteiger partial charge >= 0.3 is 5.97 Å². The Labute approximate surface area is 179 Å². The molecular formula is C24H25FN2O4. The molecular weight excluding hydrogens is 399 g/mol. The molecule has 1 aliphatic heterocycles. The van der Waals surface area contributed by atoms with Crippen molar-refractivity contribution in [2.75, 3.05) is 25.1 Å². The molecule has 0 aliphatic carbocycles. The first-order chi connectivity index (χ1) is 14.9. The minimum absolute atomic E-state index is 0.0437. The SMILES string of the molecule is Cc1cc(-c2c(C3CCOCC3)c(NCCC(=O)O)nc3cc(O)ccc23)ccc1F. The van der Waals surface area contributed by atoms with Gasteiger partial charge in [-0.25, -0.2) is 9.37 Å². The molecule has 3 N–H and O–H groups in total. The molecule has 0 saturated carbocycles. The van der Waals surface area contributed by atoms with E-state index in [4.69, 9.17) is 14.8 Å². The molecule has 162 valence electrons. The first-order valence-corrected chi connectivity index (χ1v) is 10.4. The molecule has 4 rings (SSSR count). The number of nitrogens with zero attached hydrogens (tertiary/aromatic N) is 1. The summed E-state index contributed by atoms with van der Waals surface area (Å²) in [6.45, 7) is 3.22. The van der Waals surface area contributed by atoms with E-state index in [2.05, 4.69) is 5.32 Å². The molecule has 2 heterocycles. The zero-order valence-electron chi connectivity index (χ0n) is 17.3. The van der Waals surface area contributed by atoms with E-state index < -0.39 is 5.97 Å². The maximum absolute atomic E-state index is 14.0. The van der Waals surface area contributed by atoms with Crippen molar-refractivity contribution in [3.05, 3.63) is 53.3 Å². The van der Waals surface area contributed by atoms with E-state index in [1.54, 1.807) is 25.1 Å². The summed E-state index contributed by atoms with van der Waals surface area (Å²) < 4.78 is 19.6. The molecule has 0 bridgehead atoms. The number of phenols is 1. The van der Waals surface area contributed by atoms with E-state index >= 15 is 0 Å². The summed E-state index contributed by atoms with van der Waals surface area (Å²) in [5.74, 6) is -0.313. The van der Waals surface area contributed by atoms with Crippen LogP contribution in [-0.4, -0.2) is 40.9 Å². The molecule has 0 unspecified atom stereocenters. The average molecular weight is 424 g/mol. The van der Waals surface area contributed by atoms with Gasteiger partial charge in [0.2, 0.25) is 0 Å². The molecule has 2 aromatic carbocycles. The molecule has 0 atom stereocenters. The van der Waals surface area contributed by atoms with E-state index in [0.29, 0.717) is 30.1 Å². The van der Waals surface area contributed by atoms with Crippen LogP contribution in [0.4, 0.5) is 10.2 Å². The largest absolute Gasteiger partial charge is 0.508 e. The highest BCUT2D eigenvalue weighted by Crippen LogP contribution is 2.43. The molecule has 6 nitrogen and oxygen atoms in total. The topological polar surface area (TPSA) is 91.7 Å². The number of pyridine rings is 1. The molecule has 1 saturated heterocycles. The molecule has 0 spiro atoms. The highest BCUT2D eigenvalue weighted by atomic mass is 19.1. The molecule has 7 heteroatoms. The minimum Gasteiger partial charge on any atom is -0.508 e. The third kappa shape index (κ3) is 4.46. The maximum atomic E-state index is 14.0. The number of halogens is 1. The van der Waals surface area contributed by atoms with Crippen molar-refractivity contribution in [3.8, 4) is 16.9 Å². The normalized spacial score (nSPS) is 14.6. The number of carboxylic acids is 1. The van der Waals surface area contributed by atoms with E-state index in [1.807, 2.05) is 12.1 Å². The van der Waals surface area contributed by atoms with Gasteiger partial charge in [-0.15, -0.1) is 0 Å². The predicted molar refractivity (Wildman–Crippen MR) is 117 cm³/mol. The number of nitrogens with one attached hydrogen (secondary N) is 1. The number of carbonyl (C=O) groups is 1. The Morgan fingerprint density at radius 3 is 2.71 bits per heavy atom. The van der Waals surface area contributed by atoms with Crippen molar-refractivity contribution < 1.29 is 24.1 Å². The Morgan fingerprint density at radius 2 is 2.00 bits per heavy atom.